The summed E-state index contributed by atoms with van der Waals surface area (Å²) in [6.07, 6.45) is 2.56. The van der Waals surface area contributed by atoms with E-state index in [0.717, 1.165) is 24.4 Å². The Kier molecular flexibility index (Phi) is 3.55. The molecule has 3 aliphatic rings. The molecule has 0 bridgehead atoms. The number of likely N-dealkylation sites (tertiary alicyclic amines) is 1. The van der Waals surface area contributed by atoms with Crippen LogP contribution in [0.15, 0.2) is 34.9 Å². The Morgan fingerprint density at radius 1 is 1.08 bits per heavy atom. The van der Waals surface area contributed by atoms with Gasteiger partial charge in [-0.05, 0) is 25.0 Å². The molecule has 1 aromatic carbocycles. The summed E-state index contributed by atoms with van der Waals surface area (Å²) in [6.45, 7) is 1.65. The molecule has 1 aromatic heterocycles. The first-order valence-corrected chi connectivity index (χ1v) is 9.17. The van der Waals surface area contributed by atoms with E-state index in [9.17, 15) is 9.59 Å². The van der Waals surface area contributed by atoms with Crippen molar-refractivity contribution in [1.29, 1.82) is 0 Å². The second-order valence-corrected chi connectivity index (χ2v) is 7.45. The fraction of sp³-hybridized carbons (Fsp3) is 0.474. The first-order valence-electron chi connectivity index (χ1n) is 9.17. The lowest BCUT2D eigenvalue weighted by molar-refractivity contribution is -0.140. The third-order valence-electron chi connectivity index (χ3n) is 5.48. The quantitative estimate of drug-likeness (QED) is 0.840. The number of para-hydroxylation sites is 1. The lowest BCUT2D eigenvalue weighted by Crippen LogP contribution is -2.51. The zero-order valence-corrected chi connectivity index (χ0v) is 14.4. The Labute approximate surface area is 151 Å². The zero-order valence-electron chi connectivity index (χ0n) is 14.4. The molecule has 1 atom stereocenters. The van der Waals surface area contributed by atoms with Crippen molar-refractivity contribution in [1.82, 2.24) is 15.0 Å². The standard InChI is InChI=1S/C19H20N4O3/c24-16-8-13(11-23(16)15-4-2-1-3-5-15)19(25)22-9-14(10-22)18-20-17(21-26-18)12-6-7-12/h1-5,12-14H,6-11H2. The fourth-order valence-corrected chi connectivity index (χ4v) is 3.72. The molecular weight excluding hydrogens is 332 g/mol. The van der Waals surface area contributed by atoms with E-state index in [1.54, 1.807) is 9.80 Å². The highest BCUT2D eigenvalue weighted by atomic mass is 16.5. The van der Waals surface area contributed by atoms with Crippen molar-refractivity contribution in [3.05, 3.63) is 42.0 Å². The van der Waals surface area contributed by atoms with Gasteiger partial charge in [0.05, 0.1) is 11.8 Å². The number of hydrogen-bond acceptors (Lipinski definition) is 5. The summed E-state index contributed by atoms with van der Waals surface area (Å²) < 4.78 is 5.35. The maximum Gasteiger partial charge on any atom is 0.233 e. The molecule has 0 N–H and O–H groups in total. The molecule has 2 aromatic rings. The number of benzene rings is 1. The van der Waals surface area contributed by atoms with Crippen LogP contribution in [0.25, 0.3) is 0 Å². The smallest absolute Gasteiger partial charge is 0.233 e. The summed E-state index contributed by atoms with van der Waals surface area (Å²) in [5.41, 5.74) is 0.854. The van der Waals surface area contributed by atoms with Crippen molar-refractivity contribution >= 4 is 17.5 Å². The third-order valence-corrected chi connectivity index (χ3v) is 5.48. The summed E-state index contributed by atoms with van der Waals surface area (Å²) in [5, 5.41) is 4.04. The van der Waals surface area contributed by atoms with Crippen LogP contribution in [0, 0.1) is 5.92 Å². The van der Waals surface area contributed by atoms with E-state index in [0.29, 0.717) is 31.4 Å². The van der Waals surface area contributed by atoms with Gasteiger partial charge in [-0.15, -0.1) is 0 Å². The van der Waals surface area contributed by atoms with Crippen LogP contribution >= 0.6 is 0 Å². The number of rotatable bonds is 4. The molecule has 1 aliphatic carbocycles. The molecule has 1 unspecified atom stereocenters. The minimum atomic E-state index is -0.270. The Morgan fingerprint density at radius 3 is 2.58 bits per heavy atom. The van der Waals surface area contributed by atoms with Crippen LogP contribution in [0.3, 0.4) is 0 Å². The van der Waals surface area contributed by atoms with Gasteiger partial charge >= 0.3 is 0 Å². The van der Waals surface area contributed by atoms with Gasteiger partial charge in [-0.3, -0.25) is 9.59 Å². The van der Waals surface area contributed by atoms with Crippen molar-refractivity contribution < 1.29 is 14.1 Å². The number of hydrogen-bond donors (Lipinski definition) is 0. The number of nitrogens with zero attached hydrogens (tertiary/aromatic N) is 4. The lowest BCUT2D eigenvalue weighted by Gasteiger charge is -2.38. The minimum absolute atomic E-state index is 0.0117. The second kappa shape index (κ2) is 5.93. The fourth-order valence-electron chi connectivity index (χ4n) is 3.72. The predicted octanol–water partition coefficient (Wildman–Crippen LogP) is 1.93. The van der Waals surface area contributed by atoms with Gasteiger partial charge < -0.3 is 14.3 Å². The average Bonchev–Trinajstić information content (AvgIpc) is 3.23. The number of anilines is 1. The monoisotopic (exact) mass is 352 g/mol. The van der Waals surface area contributed by atoms with Gasteiger partial charge in [-0.25, -0.2) is 0 Å². The van der Waals surface area contributed by atoms with E-state index in [2.05, 4.69) is 10.1 Å². The third kappa shape index (κ3) is 2.67. The van der Waals surface area contributed by atoms with Crippen LogP contribution < -0.4 is 4.90 Å². The van der Waals surface area contributed by atoms with E-state index in [1.807, 2.05) is 30.3 Å². The molecule has 3 fully saturated rings. The molecule has 7 heteroatoms. The summed E-state index contributed by atoms with van der Waals surface area (Å²) >= 11 is 0. The molecule has 134 valence electrons. The average molecular weight is 352 g/mol. The summed E-state index contributed by atoms with van der Waals surface area (Å²) in [5.74, 6) is 1.84. The molecule has 26 heavy (non-hydrogen) atoms. The van der Waals surface area contributed by atoms with Gasteiger partial charge in [0.2, 0.25) is 17.7 Å². The van der Waals surface area contributed by atoms with Crippen LogP contribution in [0.4, 0.5) is 5.69 Å². The van der Waals surface area contributed by atoms with Crippen LogP contribution in [-0.2, 0) is 9.59 Å². The van der Waals surface area contributed by atoms with Gasteiger partial charge in [0, 0.05) is 37.7 Å². The molecule has 1 saturated carbocycles. The van der Waals surface area contributed by atoms with Gasteiger partial charge in [0.25, 0.3) is 0 Å². The van der Waals surface area contributed by atoms with Crippen LogP contribution in [0.2, 0.25) is 0 Å². The minimum Gasteiger partial charge on any atom is -0.341 e. The van der Waals surface area contributed by atoms with E-state index < -0.39 is 0 Å². The van der Waals surface area contributed by atoms with Crippen LogP contribution in [0.5, 0.6) is 0 Å². The normalized spacial score (nSPS) is 23.4. The first kappa shape index (κ1) is 15.5. The van der Waals surface area contributed by atoms with E-state index in [1.165, 1.54) is 0 Å². The van der Waals surface area contributed by atoms with Gasteiger partial charge in [-0.1, -0.05) is 23.4 Å². The number of aromatic nitrogens is 2. The maximum absolute atomic E-state index is 12.7. The van der Waals surface area contributed by atoms with Gasteiger partial charge in [0.1, 0.15) is 0 Å². The van der Waals surface area contributed by atoms with E-state index in [-0.39, 0.29) is 30.1 Å². The Bertz CT molecular complexity index is 839. The van der Waals surface area contributed by atoms with Crippen LogP contribution in [-0.4, -0.2) is 46.5 Å². The SMILES string of the molecule is O=C(C1CC(=O)N(c2ccccc2)C1)N1CC(c2nc(C3CC3)no2)C1. The first-order chi connectivity index (χ1) is 12.7. The van der Waals surface area contributed by atoms with Crippen molar-refractivity contribution in [3.8, 4) is 0 Å². The molecule has 5 rings (SSSR count). The maximum atomic E-state index is 12.7. The Hall–Kier alpha value is -2.70. The largest absolute Gasteiger partial charge is 0.341 e. The molecule has 0 spiro atoms. The Morgan fingerprint density at radius 2 is 1.85 bits per heavy atom. The van der Waals surface area contributed by atoms with Crippen molar-refractivity contribution in [2.24, 2.45) is 5.92 Å². The van der Waals surface area contributed by atoms with E-state index >= 15 is 0 Å². The molecule has 2 amide bonds. The molecule has 2 saturated heterocycles. The highest BCUT2D eigenvalue weighted by Crippen LogP contribution is 2.39. The van der Waals surface area contributed by atoms with Gasteiger partial charge in [0.15, 0.2) is 5.82 Å². The van der Waals surface area contributed by atoms with E-state index in [4.69, 9.17) is 4.52 Å². The molecule has 0 radical (unpaired) electrons. The summed E-state index contributed by atoms with van der Waals surface area (Å²) in [6, 6.07) is 9.52. The number of amides is 2. The highest BCUT2D eigenvalue weighted by molar-refractivity contribution is 6.00. The molecule has 2 aliphatic heterocycles. The number of carbonyl (C=O) groups excluding carboxylic acids is 2. The highest BCUT2D eigenvalue weighted by Gasteiger charge is 2.43. The topological polar surface area (TPSA) is 79.5 Å². The van der Waals surface area contributed by atoms with Crippen molar-refractivity contribution in [2.45, 2.75) is 31.1 Å². The lowest BCUT2D eigenvalue weighted by atomic mass is 9.96. The van der Waals surface area contributed by atoms with Crippen LogP contribution in [0.1, 0.15) is 42.8 Å². The summed E-state index contributed by atoms with van der Waals surface area (Å²) in [7, 11) is 0. The zero-order chi connectivity index (χ0) is 17.7. The van der Waals surface area contributed by atoms with Gasteiger partial charge in [-0.2, -0.15) is 4.98 Å². The molecule has 7 nitrogen and oxygen atoms in total. The Balaban J connectivity index is 1.19. The summed E-state index contributed by atoms with van der Waals surface area (Å²) in [4.78, 5) is 33.0. The molecule has 3 heterocycles. The molecular formula is C19H20N4O3. The second-order valence-electron chi connectivity index (χ2n) is 7.45. The predicted molar refractivity (Wildman–Crippen MR) is 92.5 cm³/mol. The van der Waals surface area contributed by atoms with Crippen molar-refractivity contribution in [2.75, 3.05) is 24.5 Å². The number of carbonyl (C=O) groups is 2. The van der Waals surface area contributed by atoms with Crippen molar-refractivity contribution in [3.63, 3.8) is 0 Å².